The number of hydrogen-bond donors (Lipinski definition) is 1. The summed E-state index contributed by atoms with van der Waals surface area (Å²) in [5, 5.41) is 8.64. The first-order valence-electron chi connectivity index (χ1n) is 3.49. The van der Waals surface area contributed by atoms with Gasteiger partial charge in [-0.05, 0) is 12.5 Å². The standard InChI is InChI=1S/C9H10O2.Co/c1-7(9(10)11)8-5-3-2-4-6-8;/h2-7H,1H3,(H,10,11);. The molecule has 67 valence electrons. The Morgan fingerprint density at radius 2 is 1.83 bits per heavy atom. The molecule has 0 saturated heterocycles. The van der Waals surface area contributed by atoms with Crippen LogP contribution in [-0.4, -0.2) is 11.1 Å². The summed E-state index contributed by atoms with van der Waals surface area (Å²) in [6.07, 6.45) is 0. The molecule has 0 aromatic heterocycles. The molecule has 0 amide bonds. The maximum Gasteiger partial charge on any atom is 0.310 e. The van der Waals surface area contributed by atoms with Crippen molar-refractivity contribution < 1.29 is 26.7 Å². The van der Waals surface area contributed by atoms with E-state index in [0.717, 1.165) is 5.56 Å². The molecule has 3 heteroatoms. The molecule has 0 bridgehead atoms. The van der Waals surface area contributed by atoms with Crippen LogP contribution in [-0.2, 0) is 21.6 Å². The number of benzene rings is 1. The van der Waals surface area contributed by atoms with Gasteiger partial charge in [0, 0.05) is 16.8 Å². The van der Waals surface area contributed by atoms with Gasteiger partial charge in [0.15, 0.2) is 0 Å². The smallest absolute Gasteiger partial charge is 0.310 e. The minimum absolute atomic E-state index is 0. The zero-order valence-corrected chi connectivity index (χ0v) is 7.69. The van der Waals surface area contributed by atoms with Gasteiger partial charge in [-0.1, -0.05) is 30.3 Å². The molecule has 0 saturated carbocycles. The van der Waals surface area contributed by atoms with Crippen LogP contribution >= 0.6 is 0 Å². The zero-order valence-electron chi connectivity index (χ0n) is 6.65. The fourth-order valence-electron chi connectivity index (χ4n) is 0.884. The fraction of sp³-hybridized carbons (Fsp3) is 0.222. The third-order valence-corrected chi connectivity index (χ3v) is 1.67. The van der Waals surface area contributed by atoms with E-state index in [9.17, 15) is 4.79 Å². The molecular formula is C9H10CoO2. The molecular weight excluding hydrogens is 199 g/mol. The van der Waals surface area contributed by atoms with Crippen LogP contribution in [0.5, 0.6) is 0 Å². The molecule has 0 aliphatic carbocycles. The predicted molar refractivity (Wildman–Crippen MR) is 42.5 cm³/mol. The molecule has 0 aliphatic rings. The number of carboxylic acids is 1. The van der Waals surface area contributed by atoms with E-state index < -0.39 is 11.9 Å². The molecule has 1 radical (unpaired) electrons. The van der Waals surface area contributed by atoms with Gasteiger partial charge in [0.25, 0.3) is 0 Å². The predicted octanol–water partition coefficient (Wildman–Crippen LogP) is 1.87. The summed E-state index contributed by atoms with van der Waals surface area (Å²) in [6, 6.07) is 9.19. The molecule has 1 N–H and O–H groups in total. The van der Waals surface area contributed by atoms with Crippen LogP contribution in [0.3, 0.4) is 0 Å². The van der Waals surface area contributed by atoms with Crippen LogP contribution in [0.2, 0.25) is 0 Å². The third kappa shape index (κ3) is 2.68. The first-order valence-corrected chi connectivity index (χ1v) is 3.49. The van der Waals surface area contributed by atoms with Crippen LogP contribution in [0.4, 0.5) is 0 Å². The van der Waals surface area contributed by atoms with Gasteiger partial charge in [-0.25, -0.2) is 0 Å². The van der Waals surface area contributed by atoms with Crippen LogP contribution < -0.4 is 0 Å². The second-order valence-corrected chi connectivity index (χ2v) is 2.47. The quantitative estimate of drug-likeness (QED) is 0.807. The van der Waals surface area contributed by atoms with Crippen molar-refractivity contribution in [1.82, 2.24) is 0 Å². The number of carbonyl (C=O) groups is 1. The molecule has 0 heterocycles. The molecule has 1 unspecified atom stereocenters. The average molecular weight is 209 g/mol. The van der Waals surface area contributed by atoms with Gasteiger partial charge < -0.3 is 5.11 Å². The van der Waals surface area contributed by atoms with E-state index in [0.29, 0.717) is 0 Å². The summed E-state index contributed by atoms with van der Waals surface area (Å²) in [5.41, 5.74) is 0.847. The maximum atomic E-state index is 10.5. The molecule has 1 rings (SSSR count). The van der Waals surface area contributed by atoms with Crippen molar-refractivity contribution in [2.75, 3.05) is 0 Å². The van der Waals surface area contributed by atoms with Gasteiger partial charge in [-0.2, -0.15) is 0 Å². The molecule has 1 aromatic rings. The Balaban J connectivity index is 0.00000121. The van der Waals surface area contributed by atoms with Crippen molar-refractivity contribution in [3.63, 3.8) is 0 Å². The number of aliphatic carboxylic acids is 1. The van der Waals surface area contributed by atoms with Gasteiger partial charge in [0.2, 0.25) is 0 Å². The van der Waals surface area contributed by atoms with Crippen LogP contribution in [0.15, 0.2) is 30.3 Å². The fourth-order valence-corrected chi connectivity index (χ4v) is 0.884. The van der Waals surface area contributed by atoms with E-state index in [4.69, 9.17) is 5.11 Å². The Hall–Kier alpha value is -0.804. The van der Waals surface area contributed by atoms with E-state index in [2.05, 4.69) is 0 Å². The van der Waals surface area contributed by atoms with Crippen molar-refractivity contribution >= 4 is 5.97 Å². The van der Waals surface area contributed by atoms with Crippen molar-refractivity contribution in [1.29, 1.82) is 0 Å². The summed E-state index contributed by atoms with van der Waals surface area (Å²) in [6.45, 7) is 1.68. The number of carboxylic acid groups (broad SMARTS) is 1. The molecule has 2 nitrogen and oxygen atoms in total. The monoisotopic (exact) mass is 209 g/mol. The second-order valence-electron chi connectivity index (χ2n) is 2.47. The maximum absolute atomic E-state index is 10.5. The molecule has 0 aliphatic heterocycles. The molecule has 1 aromatic carbocycles. The first-order chi connectivity index (χ1) is 5.22. The summed E-state index contributed by atoms with van der Waals surface area (Å²) in [7, 11) is 0. The SMILES string of the molecule is CC(C(=O)O)c1ccccc1.[Co]. The average Bonchev–Trinajstić information content (AvgIpc) is 2.05. The van der Waals surface area contributed by atoms with Gasteiger partial charge in [-0.15, -0.1) is 0 Å². The Kier molecular flexibility index (Phi) is 4.62. The van der Waals surface area contributed by atoms with Crippen LogP contribution in [0.25, 0.3) is 0 Å². The van der Waals surface area contributed by atoms with E-state index in [-0.39, 0.29) is 16.8 Å². The van der Waals surface area contributed by atoms with Gasteiger partial charge in [0.1, 0.15) is 0 Å². The molecule has 1 atom stereocenters. The van der Waals surface area contributed by atoms with Crippen molar-refractivity contribution in [3.05, 3.63) is 35.9 Å². The second kappa shape index (κ2) is 4.95. The molecule has 12 heavy (non-hydrogen) atoms. The summed E-state index contributed by atoms with van der Waals surface area (Å²) in [5.74, 6) is -1.19. The number of rotatable bonds is 2. The van der Waals surface area contributed by atoms with E-state index >= 15 is 0 Å². The van der Waals surface area contributed by atoms with Crippen molar-refractivity contribution in [2.24, 2.45) is 0 Å². The van der Waals surface area contributed by atoms with E-state index in [1.165, 1.54) is 0 Å². The van der Waals surface area contributed by atoms with Crippen LogP contribution in [0.1, 0.15) is 18.4 Å². The van der Waals surface area contributed by atoms with Crippen molar-refractivity contribution in [3.8, 4) is 0 Å². The van der Waals surface area contributed by atoms with Gasteiger partial charge >= 0.3 is 5.97 Å². The Bertz CT molecular complexity index is 246. The Morgan fingerprint density at radius 1 is 1.33 bits per heavy atom. The normalized spacial score (nSPS) is 11.4. The topological polar surface area (TPSA) is 37.3 Å². The largest absolute Gasteiger partial charge is 0.481 e. The third-order valence-electron chi connectivity index (χ3n) is 1.67. The minimum atomic E-state index is -0.781. The Labute approximate surface area is 81.8 Å². The summed E-state index contributed by atoms with van der Waals surface area (Å²) >= 11 is 0. The van der Waals surface area contributed by atoms with Crippen LogP contribution in [0, 0.1) is 0 Å². The minimum Gasteiger partial charge on any atom is -0.481 e. The summed E-state index contributed by atoms with van der Waals surface area (Å²) < 4.78 is 0. The van der Waals surface area contributed by atoms with Gasteiger partial charge in [-0.3, -0.25) is 4.79 Å². The Morgan fingerprint density at radius 3 is 2.25 bits per heavy atom. The zero-order chi connectivity index (χ0) is 8.27. The number of hydrogen-bond acceptors (Lipinski definition) is 1. The van der Waals surface area contributed by atoms with E-state index in [1.54, 1.807) is 6.92 Å². The first kappa shape index (κ1) is 11.2. The summed E-state index contributed by atoms with van der Waals surface area (Å²) in [4.78, 5) is 10.5. The molecule has 0 fully saturated rings. The van der Waals surface area contributed by atoms with Gasteiger partial charge in [0.05, 0.1) is 5.92 Å². The molecule has 0 spiro atoms. The van der Waals surface area contributed by atoms with E-state index in [1.807, 2.05) is 30.3 Å². The van der Waals surface area contributed by atoms with Crippen molar-refractivity contribution in [2.45, 2.75) is 12.8 Å².